The molecule has 0 bridgehead atoms. The van der Waals surface area contributed by atoms with E-state index >= 15 is 0 Å². The van der Waals surface area contributed by atoms with Crippen LogP contribution >= 0.6 is 11.6 Å². The molecule has 0 spiro atoms. The number of hydrogen-bond donors (Lipinski definition) is 2. The van der Waals surface area contributed by atoms with Gasteiger partial charge in [0, 0.05) is 11.8 Å². The van der Waals surface area contributed by atoms with Crippen molar-refractivity contribution in [1.29, 1.82) is 5.41 Å². The van der Waals surface area contributed by atoms with E-state index in [9.17, 15) is 0 Å². The largest absolute Gasteiger partial charge is 0.487 e. The molecule has 0 saturated heterocycles. The molecule has 1 aromatic carbocycles. The van der Waals surface area contributed by atoms with Crippen molar-refractivity contribution in [2.75, 3.05) is 0 Å². The SMILES string of the molecule is Cc1cccnc1COc1ccc(C(=N)N)c(Cl)c1. The van der Waals surface area contributed by atoms with Gasteiger partial charge in [-0.05, 0) is 36.8 Å². The van der Waals surface area contributed by atoms with Gasteiger partial charge in [-0.3, -0.25) is 10.4 Å². The Kier molecular flexibility index (Phi) is 4.02. The summed E-state index contributed by atoms with van der Waals surface area (Å²) >= 11 is 6.02. The fourth-order valence-electron chi connectivity index (χ4n) is 1.63. The number of benzene rings is 1. The van der Waals surface area contributed by atoms with Crippen molar-refractivity contribution in [2.45, 2.75) is 13.5 Å². The first-order chi connectivity index (χ1) is 9.08. The Bertz CT molecular complexity index is 613. The van der Waals surface area contributed by atoms with Crippen LogP contribution in [0, 0.1) is 12.3 Å². The Hall–Kier alpha value is -2.07. The first kappa shape index (κ1) is 13.4. The van der Waals surface area contributed by atoms with Gasteiger partial charge in [-0.1, -0.05) is 17.7 Å². The maximum absolute atomic E-state index is 7.35. The normalized spacial score (nSPS) is 10.2. The van der Waals surface area contributed by atoms with Crippen LogP contribution in [0.15, 0.2) is 36.5 Å². The van der Waals surface area contributed by atoms with Gasteiger partial charge < -0.3 is 10.5 Å². The summed E-state index contributed by atoms with van der Waals surface area (Å²) in [6, 6.07) is 8.93. The Labute approximate surface area is 116 Å². The summed E-state index contributed by atoms with van der Waals surface area (Å²) in [6.07, 6.45) is 1.73. The minimum absolute atomic E-state index is 0.0582. The Balaban J connectivity index is 2.11. The molecule has 0 aliphatic heterocycles. The van der Waals surface area contributed by atoms with E-state index in [2.05, 4.69) is 4.98 Å². The summed E-state index contributed by atoms with van der Waals surface area (Å²) in [4.78, 5) is 4.25. The predicted octanol–water partition coefficient (Wildman–Crippen LogP) is 2.91. The molecule has 1 aromatic heterocycles. The van der Waals surface area contributed by atoms with Gasteiger partial charge in [0.15, 0.2) is 0 Å². The van der Waals surface area contributed by atoms with Crippen LogP contribution in [0.1, 0.15) is 16.8 Å². The highest BCUT2D eigenvalue weighted by Crippen LogP contribution is 2.23. The molecular weight excluding hydrogens is 262 g/mol. The maximum Gasteiger partial charge on any atom is 0.130 e. The molecule has 0 unspecified atom stereocenters. The number of hydrogen-bond acceptors (Lipinski definition) is 3. The number of nitrogens with one attached hydrogen (secondary N) is 1. The molecule has 0 atom stereocenters. The van der Waals surface area contributed by atoms with Crippen LogP contribution in [-0.4, -0.2) is 10.8 Å². The van der Waals surface area contributed by atoms with Crippen molar-refractivity contribution in [3.8, 4) is 5.75 Å². The molecule has 19 heavy (non-hydrogen) atoms. The summed E-state index contributed by atoms with van der Waals surface area (Å²) in [5, 5.41) is 7.76. The summed E-state index contributed by atoms with van der Waals surface area (Å²) in [7, 11) is 0. The van der Waals surface area contributed by atoms with Crippen LogP contribution in [0.4, 0.5) is 0 Å². The van der Waals surface area contributed by atoms with Gasteiger partial charge in [-0.15, -0.1) is 0 Å². The number of nitrogens with zero attached hydrogens (tertiary/aromatic N) is 1. The average Bonchev–Trinajstić information content (AvgIpc) is 2.37. The minimum atomic E-state index is -0.0582. The lowest BCUT2D eigenvalue weighted by molar-refractivity contribution is 0.300. The van der Waals surface area contributed by atoms with Gasteiger partial charge >= 0.3 is 0 Å². The first-order valence-corrected chi connectivity index (χ1v) is 6.13. The number of pyridine rings is 1. The number of nitrogens with two attached hydrogens (primary N) is 1. The second-order valence-corrected chi connectivity index (χ2v) is 4.52. The fourth-order valence-corrected chi connectivity index (χ4v) is 1.90. The molecule has 1 heterocycles. The average molecular weight is 276 g/mol. The van der Waals surface area contributed by atoms with E-state index in [0.717, 1.165) is 11.3 Å². The lowest BCUT2D eigenvalue weighted by Crippen LogP contribution is -2.11. The minimum Gasteiger partial charge on any atom is -0.487 e. The molecule has 0 aliphatic carbocycles. The molecule has 4 nitrogen and oxygen atoms in total. The van der Waals surface area contributed by atoms with Crippen molar-refractivity contribution in [2.24, 2.45) is 5.73 Å². The van der Waals surface area contributed by atoms with Crippen LogP contribution in [0.5, 0.6) is 5.75 Å². The topological polar surface area (TPSA) is 72.0 Å². The van der Waals surface area contributed by atoms with E-state index in [4.69, 9.17) is 27.5 Å². The monoisotopic (exact) mass is 275 g/mol. The van der Waals surface area contributed by atoms with E-state index in [0.29, 0.717) is 22.9 Å². The Morgan fingerprint density at radius 2 is 2.21 bits per heavy atom. The summed E-state index contributed by atoms with van der Waals surface area (Å²) < 4.78 is 5.63. The maximum atomic E-state index is 7.35. The third kappa shape index (κ3) is 3.23. The molecule has 3 N–H and O–H groups in total. The molecule has 0 amide bonds. The second kappa shape index (κ2) is 5.71. The molecule has 0 fully saturated rings. The van der Waals surface area contributed by atoms with Crippen molar-refractivity contribution < 1.29 is 4.74 Å². The van der Waals surface area contributed by atoms with E-state index < -0.39 is 0 Å². The highest BCUT2D eigenvalue weighted by molar-refractivity contribution is 6.34. The number of ether oxygens (including phenoxy) is 1. The number of amidine groups is 1. The highest BCUT2D eigenvalue weighted by Gasteiger charge is 2.06. The predicted molar refractivity (Wildman–Crippen MR) is 75.8 cm³/mol. The molecule has 2 aromatic rings. The zero-order valence-corrected chi connectivity index (χ0v) is 11.2. The Morgan fingerprint density at radius 3 is 2.84 bits per heavy atom. The van der Waals surface area contributed by atoms with Gasteiger partial charge in [0.25, 0.3) is 0 Å². The first-order valence-electron chi connectivity index (χ1n) is 5.75. The fraction of sp³-hybridized carbons (Fsp3) is 0.143. The van der Waals surface area contributed by atoms with Crippen molar-refractivity contribution in [3.05, 3.63) is 58.4 Å². The summed E-state index contributed by atoms with van der Waals surface area (Å²) in [5.41, 5.74) is 7.86. The molecule has 2 rings (SSSR count). The number of halogens is 1. The van der Waals surface area contributed by atoms with Crippen LogP contribution in [0.3, 0.4) is 0 Å². The van der Waals surface area contributed by atoms with Crippen molar-refractivity contribution in [3.63, 3.8) is 0 Å². The van der Waals surface area contributed by atoms with Crippen LogP contribution in [-0.2, 0) is 6.61 Å². The standard InChI is InChI=1S/C14H14ClN3O/c1-9-3-2-6-18-13(9)8-19-10-4-5-11(14(16)17)12(15)7-10/h2-7H,8H2,1H3,(H3,16,17). The van der Waals surface area contributed by atoms with Crippen molar-refractivity contribution >= 4 is 17.4 Å². The van der Waals surface area contributed by atoms with Gasteiger partial charge in [-0.25, -0.2) is 0 Å². The van der Waals surface area contributed by atoms with Crippen molar-refractivity contribution in [1.82, 2.24) is 4.98 Å². The van der Waals surface area contributed by atoms with Gasteiger partial charge in [0.1, 0.15) is 18.2 Å². The molecule has 0 radical (unpaired) electrons. The summed E-state index contributed by atoms with van der Waals surface area (Å²) in [6.45, 7) is 2.36. The van der Waals surface area contributed by atoms with E-state index in [1.54, 1.807) is 24.4 Å². The quantitative estimate of drug-likeness (QED) is 0.666. The summed E-state index contributed by atoms with van der Waals surface area (Å²) in [5.74, 6) is 0.567. The van der Waals surface area contributed by atoms with E-state index in [1.807, 2.05) is 19.1 Å². The smallest absolute Gasteiger partial charge is 0.130 e. The Morgan fingerprint density at radius 1 is 1.42 bits per heavy atom. The third-order valence-electron chi connectivity index (χ3n) is 2.72. The third-order valence-corrected chi connectivity index (χ3v) is 3.04. The number of aromatic nitrogens is 1. The van der Waals surface area contributed by atoms with E-state index in [1.165, 1.54) is 0 Å². The molecule has 0 saturated carbocycles. The lowest BCUT2D eigenvalue weighted by Gasteiger charge is -2.09. The van der Waals surface area contributed by atoms with Crippen LogP contribution < -0.4 is 10.5 Å². The molecule has 0 aliphatic rings. The zero-order valence-electron chi connectivity index (χ0n) is 10.5. The van der Waals surface area contributed by atoms with Gasteiger partial charge in [-0.2, -0.15) is 0 Å². The van der Waals surface area contributed by atoms with Crippen LogP contribution in [0.25, 0.3) is 0 Å². The second-order valence-electron chi connectivity index (χ2n) is 4.11. The van der Waals surface area contributed by atoms with Crippen LogP contribution in [0.2, 0.25) is 5.02 Å². The highest BCUT2D eigenvalue weighted by atomic mass is 35.5. The number of aryl methyl sites for hydroxylation is 1. The zero-order chi connectivity index (χ0) is 13.8. The number of nitrogen functional groups attached to an aromatic ring is 1. The molecular formula is C14H14ClN3O. The molecule has 5 heteroatoms. The lowest BCUT2D eigenvalue weighted by atomic mass is 10.2. The molecule has 98 valence electrons. The van der Waals surface area contributed by atoms with E-state index in [-0.39, 0.29) is 5.84 Å². The number of rotatable bonds is 4. The van der Waals surface area contributed by atoms with Gasteiger partial charge in [0.2, 0.25) is 0 Å². The van der Waals surface area contributed by atoms with Gasteiger partial charge in [0.05, 0.1) is 10.7 Å².